The molecule has 0 aliphatic carbocycles. The molecule has 0 aliphatic heterocycles. The lowest BCUT2D eigenvalue weighted by molar-refractivity contribution is 0.898. The smallest absolute Gasteiger partial charge is 0.195 e. The summed E-state index contributed by atoms with van der Waals surface area (Å²) in [7, 11) is 5.80. The predicted molar refractivity (Wildman–Crippen MR) is 63.8 cm³/mol. The quantitative estimate of drug-likeness (QED) is 0.813. The van der Waals surface area contributed by atoms with Crippen molar-refractivity contribution < 1.29 is 0 Å². The lowest BCUT2D eigenvalue weighted by Crippen LogP contribution is -2.07. The number of hydrogen-bond donors (Lipinski definition) is 1. The molecule has 80 valence electrons. The molecule has 2 aromatic heterocycles. The number of aromatic amines is 1. The van der Waals surface area contributed by atoms with Crippen LogP contribution in [0.2, 0.25) is 0 Å². The Kier molecular flexibility index (Phi) is 2.57. The van der Waals surface area contributed by atoms with Gasteiger partial charge in [-0.2, -0.15) is 5.10 Å². The van der Waals surface area contributed by atoms with E-state index in [0.717, 1.165) is 16.6 Å². The molecule has 0 aromatic carbocycles. The molecule has 15 heavy (non-hydrogen) atoms. The summed E-state index contributed by atoms with van der Waals surface area (Å²) in [5, 5.41) is 9.80. The minimum atomic E-state index is 0.601. The van der Waals surface area contributed by atoms with Crippen LogP contribution in [-0.4, -0.2) is 33.8 Å². The van der Waals surface area contributed by atoms with Gasteiger partial charge >= 0.3 is 0 Å². The van der Waals surface area contributed by atoms with Crippen LogP contribution in [0.1, 0.15) is 0 Å². The summed E-state index contributed by atoms with van der Waals surface area (Å²) in [6, 6.07) is 0. The van der Waals surface area contributed by atoms with E-state index in [9.17, 15) is 0 Å². The molecule has 2 heterocycles. The van der Waals surface area contributed by atoms with E-state index in [1.54, 1.807) is 11.3 Å². The molecule has 0 bridgehead atoms. The highest BCUT2D eigenvalue weighted by atomic mass is 32.1. The topological polar surface area (TPSA) is 49.7 Å². The second-order valence-corrected chi connectivity index (χ2v) is 4.54. The molecule has 0 saturated heterocycles. The Morgan fingerprint density at radius 3 is 2.73 bits per heavy atom. The molecular formula is C8H11N5S2. The van der Waals surface area contributed by atoms with Crippen LogP contribution >= 0.6 is 23.6 Å². The summed E-state index contributed by atoms with van der Waals surface area (Å²) in [5.74, 6) is 0.768. The van der Waals surface area contributed by atoms with E-state index in [-0.39, 0.29) is 0 Å². The molecule has 0 saturated carbocycles. The maximum atomic E-state index is 5.04. The molecule has 5 nitrogen and oxygen atoms in total. The number of anilines is 1. The van der Waals surface area contributed by atoms with Gasteiger partial charge in [0.2, 0.25) is 0 Å². The first kappa shape index (κ1) is 10.3. The zero-order chi connectivity index (χ0) is 11.0. The van der Waals surface area contributed by atoms with E-state index in [2.05, 4.69) is 15.2 Å². The fraction of sp³-hybridized carbons (Fsp3) is 0.375. The number of nitrogens with zero attached hydrogens (tertiary/aromatic N) is 4. The third-order valence-corrected chi connectivity index (χ3v) is 3.36. The summed E-state index contributed by atoms with van der Waals surface area (Å²) < 4.78 is 2.41. The molecule has 0 amide bonds. The average Bonchev–Trinajstić information content (AvgIpc) is 2.76. The molecule has 0 aliphatic rings. The summed E-state index contributed by atoms with van der Waals surface area (Å²) in [6.45, 7) is 0. The number of H-pyrrole nitrogens is 1. The fourth-order valence-electron chi connectivity index (χ4n) is 1.15. The maximum Gasteiger partial charge on any atom is 0.195 e. The van der Waals surface area contributed by atoms with Crippen molar-refractivity contribution in [3.05, 3.63) is 10.2 Å². The largest absolute Gasteiger partial charge is 0.354 e. The first-order valence-electron chi connectivity index (χ1n) is 4.34. The van der Waals surface area contributed by atoms with E-state index in [0.29, 0.717) is 4.77 Å². The van der Waals surface area contributed by atoms with E-state index in [1.807, 2.05) is 36.0 Å². The minimum Gasteiger partial charge on any atom is -0.354 e. The van der Waals surface area contributed by atoms with E-state index in [1.165, 1.54) is 0 Å². The summed E-state index contributed by atoms with van der Waals surface area (Å²) in [5.41, 5.74) is 0.846. The Morgan fingerprint density at radius 1 is 1.53 bits per heavy atom. The van der Waals surface area contributed by atoms with E-state index >= 15 is 0 Å². The Labute approximate surface area is 96.4 Å². The molecule has 0 unspecified atom stereocenters. The van der Waals surface area contributed by atoms with Crippen LogP contribution in [0, 0.1) is 4.77 Å². The third kappa shape index (κ3) is 1.80. The van der Waals surface area contributed by atoms with Gasteiger partial charge in [-0.25, -0.2) is 4.98 Å². The highest BCUT2D eigenvalue weighted by molar-refractivity contribution is 7.71. The zero-order valence-corrected chi connectivity index (χ0v) is 10.3. The molecular weight excluding hydrogens is 230 g/mol. The van der Waals surface area contributed by atoms with Crippen LogP contribution in [0.25, 0.3) is 11.5 Å². The van der Waals surface area contributed by atoms with Crippen molar-refractivity contribution in [2.75, 3.05) is 19.0 Å². The molecule has 0 radical (unpaired) electrons. The second kappa shape index (κ2) is 3.74. The molecule has 0 atom stereocenters. The Morgan fingerprint density at radius 2 is 2.27 bits per heavy atom. The van der Waals surface area contributed by atoms with Crippen molar-refractivity contribution in [1.82, 2.24) is 19.7 Å². The van der Waals surface area contributed by atoms with Gasteiger partial charge in [0, 0.05) is 26.5 Å². The van der Waals surface area contributed by atoms with Gasteiger partial charge in [0.15, 0.2) is 15.7 Å². The van der Waals surface area contributed by atoms with E-state index in [4.69, 9.17) is 12.2 Å². The van der Waals surface area contributed by atoms with Crippen molar-refractivity contribution in [3.63, 3.8) is 0 Å². The maximum absolute atomic E-state index is 5.04. The van der Waals surface area contributed by atoms with Crippen molar-refractivity contribution in [3.8, 4) is 11.5 Å². The third-order valence-electron chi connectivity index (χ3n) is 1.98. The van der Waals surface area contributed by atoms with Crippen molar-refractivity contribution >= 4 is 28.7 Å². The SMILES string of the molecule is CN(C)c1nc(-c2n[nH]c(=S)n2C)cs1. The fourth-order valence-corrected chi connectivity index (χ4v) is 2.02. The monoisotopic (exact) mass is 241 g/mol. The molecule has 2 aromatic rings. The number of nitrogens with one attached hydrogen (secondary N) is 1. The van der Waals surface area contributed by atoms with Gasteiger partial charge in [0.1, 0.15) is 5.69 Å². The van der Waals surface area contributed by atoms with Crippen LogP contribution in [0.3, 0.4) is 0 Å². The number of rotatable bonds is 2. The van der Waals surface area contributed by atoms with Crippen LogP contribution in [-0.2, 0) is 7.05 Å². The van der Waals surface area contributed by atoms with E-state index < -0.39 is 0 Å². The number of hydrogen-bond acceptors (Lipinski definition) is 5. The zero-order valence-electron chi connectivity index (χ0n) is 8.68. The van der Waals surface area contributed by atoms with Gasteiger partial charge in [-0.3, -0.25) is 5.10 Å². The van der Waals surface area contributed by atoms with Crippen LogP contribution in [0.5, 0.6) is 0 Å². The van der Waals surface area contributed by atoms with Gasteiger partial charge in [0.05, 0.1) is 0 Å². The summed E-state index contributed by atoms with van der Waals surface area (Å²) in [4.78, 5) is 6.42. The molecule has 1 N–H and O–H groups in total. The molecule has 7 heteroatoms. The van der Waals surface area contributed by atoms with Crippen LogP contribution < -0.4 is 4.90 Å². The number of aromatic nitrogens is 4. The van der Waals surface area contributed by atoms with Gasteiger partial charge in [-0.05, 0) is 12.2 Å². The normalized spacial score (nSPS) is 10.6. The standard InChI is InChI=1S/C8H11N5S2/c1-12(2)8-9-5(4-15-8)6-10-11-7(14)13(6)3/h4H,1-3H3,(H,11,14). The van der Waals surface area contributed by atoms with Crippen LogP contribution in [0.15, 0.2) is 5.38 Å². The summed E-state index contributed by atoms with van der Waals surface area (Å²) in [6.07, 6.45) is 0. The predicted octanol–water partition coefficient (Wildman–Crippen LogP) is 1.67. The van der Waals surface area contributed by atoms with Crippen LogP contribution in [0.4, 0.5) is 5.13 Å². The first-order chi connectivity index (χ1) is 7.09. The van der Waals surface area contributed by atoms with Gasteiger partial charge in [-0.15, -0.1) is 11.3 Å². The van der Waals surface area contributed by atoms with Crippen molar-refractivity contribution in [2.24, 2.45) is 7.05 Å². The molecule has 0 fully saturated rings. The molecule has 2 rings (SSSR count). The lowest BCUT2D eigenvalue weighted by atomic mass is 10.5. The van der Waals surface area contributed by atoms with Gasteiger partial charge in [-0.1, -0.05) is 0 Å². The highest BCUT2D eigenvalue weighted by Gasteiger charge is 2.10. The van der Waals surface area contributed by atoms with Crippen molar-refractivity contribution in [1.29, 1.82) is 0 Å². The summed E-state index contributed by atoms with van der Waals surface area (Å²) >= 11 is 6.63. The van der Waals surface area contributed by atoms with Gasteiger partial charge in [0.25, 0.3) is 0 Å². The Balaban J connectivity index is 2.46. The Bertz CT molecular complexity index is 521. The second-order valence-electron chi connectivity index (χ2n) is 3.32. The van der Waals surface area contributed by atoms with Crippen molar-refractivity contribution in [2.45, 2.75) is 0 Å². The highest BCUT2D eigenvalue weighted by Crippen LogP contribution is 2.24. The Hall–Kier alpha value is -1.21. The number of thiazole rings is 1. The van der Waals surface area contributed by atoms with Gasteiger partial charge < -0.3 is 9.47 Å². The minimum absolute atomic E-state index is 0.601. The first-order valence-corrected chi connectivity index (χ1v) is 5.63. The lowest BCUT2D eigenvalue weighted by Gasteiger charge is -2.05. The average molecular weight is 241 g/mol. The molecule has 0 spiro atoms.